The summed E-state index contributed by atoms with van der Waals surface area (Å²) >= 11 is 0. The molecule has 1 saturated heterocycles. The topological polar surface area (TPSA) is 53.2 Å². The van der Waals surface area contributed by atoms with Crippen molar-refractivity contribution >= 4 is 11.6 Å². The number of rotatable bonds is 5. The number of nitrogens with one attached hydrogen (secondary N) is 3. The van der Waals surface area contributed by atoms with Crippen molar-refractivity contribution in [3.8, 4) is 0 Å². The predicted octanol–water partition coefficient (Wildman–Crippen LogP) is 2.78. The average Bonchev–Trinajstić information content (AvgIpc) is 2.88. The van der Waals surface area contributed by atoms with Gasteiger partial charge in [-0.05, 0) is 36.5 Å². The molecule has 3 N–H and O–H groups in total. The first-order valence-electron chi connectivity index (χ1n) is 7.52. The summed E-state index contributed by atoms with van der Waals surface area (Å²) in [5.74, 6) is 0.504. The largest absolute Gasteiger partial charge is 0.325 e. The molecule has 1 aromatic rings. The highest BCUT2D eigenvalue weighted by molar-refractivity contribution is 5.95. The maximum Gasteiger partial charge on any atom is 0.242 e. The zero-order chi connectivity index (χ0) is 14.5. The minimum Gasteiger partial charge on any atom is -0.325 e. The highest BCUT2D eigenvalue weighted by Gasteiger charge is 2.28. The van der Waals surface area contributed by atoms with Crippen LogP contribution in [0.2, 0.25) is 0 Å². The van der Waals surface area contributed by atoms with Crippen molar-refractivity contribution in [2.24, 2.45) is 0 Å². The van der Waals surface area contributed by atoms with Gasteiger partial charge in [-0.15, -0.1) is 0 Å². The Morgan fingerprint density at radius 2 is 2.20 bits per heavy atom. The lowest BCUT2D eigenvalue weighted by Crippen LogP contribution is -2.40. The van der Waals surface area contributed by atoms with E-state index in [1.807, 2.05) is 12.1 Å². The van der Waals surface area contributed by atoms with Gasteiger partial charge in [0.1, 0.15) is 6.04 Å². The molecule has 4 heteroatoms. The van der Waals surface area contributed by atoms with Gasteiger partial charge in [0.25, 0.3) is 0 Å². The van der Waals surface area contributed by atoms with E-state index in [2.05, 4.69) is 49.1 Å². The Labute approximate surface area is 121 Å². The number of carbonyl (C=O) groups excluding carboxylic acids is 1. The first-order valence-corrected chi connectivity index (χ1v) is 7.52. The van der Waals surface area contributed by atoms with Crippen LogP contribution in [0.3, 0.4) is 0 Å². The number of hydrogen-bond acceptors (Lipinski definition) is 3. The van der Waals surface area contributed by atoms with Crippen LogP contribution in [-0.2, 0) is 4.79 Å². The van der Waals surface area contributed by atoms with Gasteiger partial charge < -0.3 is 5.32 Å². The van der Waals surface area contributed by atoms with Gasteiger partial charge in [-0.1, -0.05) is 39.3 Å². The zero-order valence-electron chi connectivity index (χ0n) is 12.6. The maximum atomic E-state index is 12.2. The summed E-state index contributed by atoms with van der Waals surface area (Å²) < 4.78 is 0. The van der Waals surface area contributed by atoms with Crippen LogP contribution in [-0.4, -0.2) is 18.0 Å². The Bertz CT molecular complexity index is 459. The third kappa shape index (κ3) is 3.81. The van der Waals surface area contributed by atoms with Crippen molar-refractivity contribution < 1.29 is 4.79 Å². The van der Waals surface area contributed by atoms with Gasteiger partial charge >= 0.3 is 0 Å². The molecule has 110 valence electrons. The Hall–Kier alpha value is -1.39. The van der Waals surface area contributed by atoms with Crippen LogP contribution in [0.25, 0.3) is 0 Å². The van der Waals surface area contributed by atoms with Crippen LogP contribution in [0, 0.1) is 0 Å². The minimum absolute atomic E-state index is 0.0389. The van der Waals surface area contributed by atoms with E-state index >= 15 is 0 Å². The predicted molar refractivity (Wildman–Crippen MR) is 82.5 cm³/mol. The van der Waals surface area contributed by atoms with E-state index in [9.17, 15) is 4.79 Å². The summed E-state index contributed by atoms with van der Waals surface area (Å²) in [5.41, 5.74) is 8.40. The van der Waals surface area contributed by atoms with E-state index in [0.29, 0.717) is 12.0 Å². The van der Waals surface area contributed by atoms with E-state index in [0.717, 1.165) is 24.9 Å². The number of hydrogen-bond donors (Lipinski definition) is 3. The van der Waals surface area contributed by atoms with Crippen molar-refractivity contribution in [3.63, 3.8) is 0 Å². The molecule has 20 heavy (non-hydrogen) atoms. The van der Waals surface area contributed by atoms with E-state index in [-0.39, 0.29) is 11.9 Å². The van der Waals surface area contributed by atoms with Crippen LogP contribution >= 0.6 is 0 Å². The number of carbonyl (C=O) groups is 1. The molecular weight excluding hydrogens is 250 g/mol. The van der Waals surface area contributed by atoms with E-state index in [1.54, 1.807) is 0 Å². The van der Waals surface area contributed by atoms with Gasteiger partial charge in [-0.25, -0.2) is 5.43 Å². The molecule has 0 radical (unpaired) electrons. The monoisotopic (exact) mass is 275 g/mol. The third-order valence-electron chi connectivity index (χ3n) is 3.76. The van der Waals surface area contributed by atoms with E-state index in [1.165, 1.54) is 5.56 Å². The second-order valence-corrected chi connectivity index (χ2v) is 5.83. The fourth-order valence-electron chi connectivity index (χ4n) is 2.54. The third-order valence-corrected chi connectivity index (χ3v) is 3.76. The van der Waals surface area contributed by atoms with Gasteiger partial charge in [-0.2, -0.15) is 0 Å². The molecule has 0 aliphatic carbocycles. The smallest absolute Gasteiger partial charge is 0.242 e. The standard InChI is InChI=1S/C16H25N3O/c1-4-6-14-10-15(19-18-14)16(20)17-13-8-5-7-12(9-13)11(2)3/h5,7-9,11,14-15,18-19H,4,6,10H2,1-3H3,(H,17,20). The van der Waals surface area contributed by atoms with Crippen molar-refractivity contribution in [2.75, 3.05) is 5.32 Å². The molecule has 4 nitrogen and oxygen atoms in total. The summed E-state index contributed by atoms with van der Waals surface area (Å²) in [5, 5.41) is 3.00. The second kappa shape index (κ2) is 6.86. The Balaban J connectivity index is 1.93. The van der Waals surface area contributed by atoms with Crippen LogP contribution in [0.15, 0.2) is 24.3 Å². The van der Waals surface area contributed by atoms with Crippen molar-refractivity contribution in [1.82, 2.24) is 10.9 Å². The number of amides is 1. The molecule has 0 spiro atoms. The molecular formula is C16H25N3O. The lowest BCUT2D eigenvalue weighted by Gasteiger charge is -2.12. The molecule has 1 aliphatic heterocycles. The zero-order valence-corrected chi connectivity index (χ0v) is 12.6. The first kappa shape index (κ1) is 15.0. The fraction of sp³-hybridized carbons (Fsp3) is 0.562. The first-order chi connectivity index (χ1) is 9.60. The number of benzene rings is 1. The summed E-state index contributed by atoms with van der Waals surface area (Å²) in [4.78, 5) is 12.2. The lowest BCUT2D eigenvalue weighted by molar-refractivity contribution is -0.117. The quantitative estimate of drug-likeness (QED) is 0.774. The van der Waals surface area contributed by atoms with Crippen LogP contribution in [0.5, 0.6) is 0 Å². The molecule has 2 rings (SSSR count). The molecule has 1 fully saturated rings. The van der Waals surface area contributed by atoms with Crippen molar-refractivity contribution in [2.45, 2.75) is 58.0 Å². The molecule has 1 aromatic carbocycles. The van der Waals surface area contributed by atoms with E-state index < -0.39 is 0 Å². The Kier molecular flexibility index (Phi) is 5.15. The normalized spacial score (nSPS) is 22.2. The summed E-state index contributed by atoms with van der Waals surface area (Å²) in [6.45, 7) is 6.46. The van der Waals surface area contributed by atoms with Crippen molar-refractivity contribution in [1.29, 1.82) is 0 Å². The highest BCUT2D eigenvalue weighted by atomic mass is 16.2. The lowest BCUT2D eigenvalue weighted by atomic mass is 10.0. The van der Waals surface area contributed by atoms with Gasteiger partial charge in [0.05, 0.1) is 0 Å². The Morgan fingerprint density at radius 3 is 2.90 bits per heavy atom. The molecule has 1 heterocycles. The number of anilines is 1. The minimum atomic E-state index is -0.144. The highest BCUT2D eigenvalue weighted by Crippen LogP contribution is 2.19. The van der Waals surface area contributed by atoms with Crippen LogP contribution in [0.4, 0.5) is 5.69 Å². The number of hydrazine groups is 1. The molecule has 2 atom stereocenters. The van der Waals surface area contributed by atoms with Gasteiger partial charge in [0, 0.05) is 11.7 Å². The summed E-state index contributed by atoms with van der Waals surface area (Å²) in [7, 11) is 0. The SMILES string of the molecule is CCCC1CC(C(=O)Nc2cccc(C(C)C)c2)NN1. The second-order valence-electron chi connectivity index (χ2n) is 5.83. The maximum absolute atomic E-state index is 12.2. The molecule has 0 aromatic heterocycles. The average molecular weight is 275 g/mol. The van der Waals surface area contributed by atoms with E-state index in [4.69, 9.17) is 0 Å². The molecule has 1 aliphatic rings. The fourth-order valence-corrected chi connectivity index (χ4v) is 2.54. The van der Waals surface area contributed by atoms with Crippen molar-refractivity contribution in [3.05, 3.63) is 29.8 Å². The summed E-state index contributed by atoms with van der Waals surface area (Å²) in [6.07, 6.45) is 3.08. The Morgan fingerprint density at radius 1 is 1.40 bits per heavy atom. The molecule has 2 unspecified atom stereocenters. The van der Waals surface area contributed by atoms with Gasteiger partial charge in [0.15, 0.2) is 0 Å². The molecule has 1 amide bonds. The molecule has 0 bridgehead atoms. The van der Waals surface area contributed by atoms with Crippen LogP contribution < -0.4 is 16.2 Å². The van der Waals surface area contributed by atoms with Gasteiger partial charge in [0.2, 0.25) is 5.91 Å². The summed E-state index contributed by atoms with van der Waals surface area (Å²) in [6, 6.07) is 8.33. The van der Waals surface area contributed by atoms with Crippen LogP contribution in [0.1, 0.15) is 51.5 Å². The molecule has 0 saturated carbocycles. The van der Waals surface area contributed by atoms with Gasteiger partial charge in [-0.3, -0.25) is 10.2 Å².